The Bertz CT molecular complexity index is 470. The first-order valence-corrected chi connectivity index (χ1v) is 7.06. The average Bonchev–Trinajstić information content (AvgIpc) is 2.46. The lowest BCUT2D eigenvalue weighted by molar-refractivity contribution is 0.474. The molecule has 1 atom stereocenters. The number of phenols is 1. The van der Waals surface area contributed by atoms with E-state index in [-0.39, 0.29) is 0 Å². The molecule has 2 aromatic rings. The summed E-state index contributed by atoms with van der Waals surface area (Å²) in [6.45, 7) is 5.05. The van der Waals surface area contributed by atoms with Crippen LogP contribution in [0.15, 0.2) is 42.6 Å². The highest BCUT2D eigenvalue weighted by Gasteiger charge is 2.03. The Morgan fingerprint density at radius 1 is 1.10 bits per heavy atom. The van der Waals surface area contributed by atoms with E-state index in [9.17, 15) is 5.11 Å². The second kappa shape index (κ2) is 7.06. The van der Waals surface area contributed by atoms with Crippen LogP contribution in [0, 0.1) is 6.92 Å². The SMILES string of the molecule is Cc1ccc(CNC(C)CCc2ccc(O)cc2)cn1. The quantitative estimate of drug-likeness (QED) is 0.847. The van der Waals surface area contributed by atoms with Crippen LogP contribution in [-0.4, -0.2) is 16.1 Å². The largest absolute Gasteiger partial charge is 0.508 e. The van der Waals surface area contributed by atoms with E-state index in [1.54, 1.807) is 12.1 Å². The second-order valence-corrected chi connectivity index (χ2v) is 5.29. The van der Waals surface area contributed by atoms with Gasteiger partial charge in [0.15, 0.2) is 0 Å². The molecule has 0 aliphatic carbocycles. The Morgan fingerprint density at radius 2 is 1.80 bits per heavy atom. The van der Waals surface area contributed by atoms with Gasteiger partial charge < -0.3 is 10.4 Å². The number of aromatic hydroxyl groups is 1. The van der Waals surface area contributed by atoms with E-state index < -0.39 is 0 Å². The van der Waals surface area contributed by atoms with Gasteiger partial charge in [0, 0.05) is 24.5 Å². The first kappa shape index (κ1) is 14.5. The van der Waals surface area contributed by atoms with E-state index in [0.717, 1.165) is 25.1 Å². The molecule has 0 fully saturated rings. The second-order valence-electron chi connectivity index (χ2n) is 5.29. The number of pyridine rings is 1. The number of phenolic OH excluding ortho intramolecular Hbond substituents is 1. The molecular weight excluding hydrogens is 248 g/mol. The van der Waals surface area contributed by atoms with Crippen molar-refractivity contribution < 1.29 is 5.11 Å². The van der Waals surface area contributed by atoms with E-state index >= 15 is 0 Å². The first-order valence-electron chi connectivity index (χ1n) is 7.06. The molecule has 1 aromatic heterocycles. The summed E-state index contributed by atoms with van der Waals surface area (Å²) in [5.74, 6) is 0.326. The van der Waals surface area contributed by atoms with Crippen molar-refractivity contribution in [2.75, 3.05) is 0 Å². The van der Waals surface area contributed by atoms with Gasteiger partial charge in [0.25, 0.3) is 0 Å². The molecule has 0 aliphatic heterocycles. The van der Waals surface area contributed by atoms with E-state index in [1.165, 1.54) is 11.1 Å². The zero-order valence-corrected chi connectivity index (χ0v) is 12.1. The van der Waals surface area contributed by atoms with Crippen LogP contribution in [0.2, 0.25) is 0 Å². The molecule has 2 rings (SSSR count). The van der Waals surface area contributed by atoms with Gasteiger partial charge >= 0.3 is 0 Å². The van der Waals surface area contributed by atoms with Crippen molar-refractivity contribution in [1.82, 2.24) is 10.3 Å². The van der Waals surface area contributed by atoms with Gasteiger partial charge in [-0.25, -0.2) is 0 Å². The van der Waals surface area contributed by atoms with Gasteiger partial charge in [-0.15, -0.1) is 0 Å². The summed E-state index contributed by atoms with van der Waals surface area (Å²) in [6, 6.07) is 12.0. The third kappa shape index (κ3) is 4.67. The van der Waals surface area contributed by atoms with Crippen molar-refractivity contribution in [2.45, 2.75) is 39.3 Å². The third-order valence-electron chi connectivity index (χ3n) is 3.43. The molecule has 0 aliphatic rings. The zero-order valence-electron chi connectivity index (χ0n) is 12.1. The van der Waals surface area contributed by atoms with Gasteiger partial charge in [-0.1, -0.05) is 18.2 Å². The van der Waals surface area contributed by atoms with Crippen LogP contribution in [0.25, 0.3) is 0 Å². The minimum atomic E-state index is 0.326. The first-order chi connectivity index (χ1) is 9.63. The van der Waals surface area contributed by atoms with Gasteiger partial charge in [0.05, 0.1) is 0 Å². The maximum Gasteiger partial charge on any atom is 0.115 e. The van der Waals surface area contributed by atoms with Gasteiger partial charge in [0.2, 0.25) is 0 Å². The highest BCUT2D eigenvalue weighted by Crippen LogP contribution is 2.12. The number of nitrogens with one attached hydrogen (secondary N) is 1. The third-order valence-corrected chi connectivity index (χ3v) is 3.43. The van der Waals surface area contributed by atoms with Crippen molar-refractivity contribution in [1.29, 1.82) is 0 Å². The van der Waals surface area contributed by atoms with Gasteiger partial charge in [-0.05, 0) is 56.0 Å². The number of benzene rings is 1. The molecular formula is C17H22N2O. The minimum Gasteiger partial charge on any atom is -0.508 e. The fraction of sp³-hybridized carbons (Fsp3) is 0.353. The normalized spacial score (nSPS) is 12.3. The lowest BCUT2D eigenvalue weighted by atomic mass is 10.1. The number of aryl methyl sites for hydroxylation is 2. The van der Waals surface area contributed by atoms with Crippen LogP contribution in [0.3, 0.4) is 0 Å². The minimum absolute atomic E-state index is 0.326. The summed E-state index contributed by atoms with van der Waals surface area (Å²) in [5.41, 5.74) is 3.52. The molecule has 3 nitrogen and oxygen atoms in total. The number of aromatic nitrogens is 1. The molecule has 1 aromatic carbocycles. The van der Waals surface area contributed by atoms with Crippen LogP contribution >= 0.6 is 0 Å². The van der Waals surface area contributed by atoms with E-state index in [4.69, 9.17) is 0 Å². The van der Waals surface area contributed by atoms with E-state index in [2.05, 4.69) is 23.3 Å². The standard InChI is InChI=1S/C17H22N2O/c1-13(3-5-15-7-9-17(20)10-8-15)18-11-16-6-4-14(2)19-12-16/h4,6-10,12-13,18,20H,3,5,11H2,1-2H3. The molecule has 0 saturated heterocycles. The molecule has 106 valence electrons. The maximum absolute atomic E-state index is 9.25. The Kier molecular flexibility index (Phi) is 5.13. The molecule has 0 radical (unpaired) electrons. The molecule has 3 heteroatoms. The number of hydrogen-bond acceptors (Lipinski definition) is 3. The topological polar surface area (TPSA) is 45.1 Å². The fourth-order valence-electron chi connectivity index (χ4n) is 2.04. The Morgan fingerprint density at radius 3 is 2.45 bits per heavy atom. The van der Waals surface area contributed by atoms with Crippen molar-refractivity contribution in [3.63, 3.8) is 0 Å². The lowest BCUT2D eigenvalue weighted by Crippen LogP contribution is -2.26. The molecule has 2 N–H and O–H groups in total. The smallest absolute Gasteiger partial charge is 0.115 e. The Balaban J connectivity index is 1.73. The van der Waals surface area contributed by atoms with Crippen molar-refractivity contribution in [3.8, 4) is 5.75 Å². The Hall–Kier alpha value is -1.87. The monoisotopic (exact) mass is 270 g/mol. The summed E-state index contributed by atoms with van der Waals surface area (Å²) in [6.07, 6.45) is 4.01. The summed E-state index contributed by atoms with van der Waals surface area (Å²) in [7, 11) is 0. The summed E-state index contributed by atoms with van der Waals surface area (Å²) >= 11 is 0. The highest BCUT2D eigenvalue weighted by atomic mass is 16.3. The van der Waals surface area contributed by atoms with Crippen LogP contribution < -0.4 is 5.32 Å². The summed E-state index contributed by atoms with van der Waals surface area (Å²) in [5, 5.41) is 12.8. The average molecular weight is 270 g/mol. The highest BCUT2D eigenvalue weighted by molar-refractivity contribution is 5.25. The van der Waals surface area contributed by atoms with Crippen molar-refractivity contribution >= 4 is 0 Å². The van der Waals surface area contributed by atoms with Crippen LogP contribution in [0.5, 0.6) is 5.75 Å². The molecule has 0 spiro atoms. The van der Waals surface area contributed by atoms with Gasteiger partial charge in [-0.3, -0.25) is 4.98 Å². The van der Waals surface area contributed by atoms with Crippen LogP contribution in [0.4, 0.5) is 0 Å². The number of nitrogens with zero attached hydrogens (tertiary/aromatic N) is 1. The van der Waals surface area contributed by atoms with E-state index in [1.807, 2.05) is 31.3 Å². The molecule has 1 heterocycles. The van der Waals surface area contributed by atoms with Gasteiger partial charge in [-0.2, -0.15) is 0 Å². The predicted octanol–water partition coefficient (Wildman–Crippen LogP) is 3.21. The summed E-state index contributed by atoms with van der Waals surface area (Å²) < 4.78 is 0. The molecule has 1 unspecified atom stereocenters. The zero-order chi connectivity index (χ0) is 14.4. The molecule has 0 saturated carbocycles. The maximum atomic E-state index is 9.25. The number of hydrogen-bond donors (Lipinski definition) is 2. The van der Waals surface area contributed by atoms with Crippen LogP contribution in [0.1, 0.15) is 30.2 Å². The summed E-state index contributed by atoms with van der Waals surface area (Å²) in [4.78, 5) is 4.30. The molecule has 20 heavy (non-hydrogen) atoms. The van der Waals surface area contributed by atoms with Gasteiger partial charge in [0.1, 0.15) is 5.75 Å². The Labute approximate surface area is 120 Å². The lowest BCUT2D eigenvalue weighted by Gasteiger charge is -2.14. The molecule has 0 amide bonds. The molecule has 0 bridgehead atoms. The predicted molar refractivity (Wildman–Crippen MR) is 81.7 cm³/mol. The number of rotatable bonds is 6. The van der Waals surface area contributed by atoms with Crippen molar-refractivity contribution in [3.05, 3.63) is 59.4 Å². The van der Waals surface area contributed by atoms with Crippen molar-refractivity contribution in [2.24, 2.45) is 0 Å². The van der Waals surface area contributed by atoms with E-state index in [0.29, 0.717) is 11.8 Å². The van der Waals surface area contributed by atoms with Crippen LogP contribution in [-0.2, 0) is 13.0 Å². The fourth-order valence-corrected chi connectivity index (χ4v) is 2.04.